The van der Waals surface area contributed by atoms with Crippen LogP contribution in [-0.2, 0) is 6.42 Å². The molecular formula is C13H17N3S. The minimum atomic E-state index is 0.856. The molecule has 17 heavy (non-hydrogen) atoms. The lowest BCUT2D eigenvalue weighted by Crippen LogP contribution is -2.09. The zero-order valence-corrected chi connectivity index (χ0v) is 10.6. The van der Waals surface area contributed by atoms with Gasteiger partial charge in [-0.25, -0.2) is 4.98 Å². The van der Waals surface area contributed by atoms with E-state index in [0.29, 0.717) is 0 Å². The van der Waals surface area contributed by atoms with E-state index in [1.54, 1.807) is 11.3 Å². The summed E-state index contributed by atoms with van der Waals surface area (Å²) in [6.45, 7) is 2.38. The SMILES string of the molecule is c1cc(-c2csc(CCC3CCNC3)n2)c[nH]1. The molecule has 3 rings (SSSR count). The van der Waals surface area contributed by atoms with Crippen LogP contribution in [0.4, 0.5) is 0 Å². The first-order valence-corrected chi connectivity index (χ1v) is 7.08. The summed E-state index contributed by atoms with van der Waals surface area (Å²) in [5.74, 6) is 0.856. The lowest BCUT2D eigenvalue weighted by atomic mass is 10.0. The van der Waals surface area contributed by atoms with Crippen LogP contribution < -0.4 is 5.32 Å². The van der Waals surface area contributed by atoms with E-state index in [9.17, 15) is 0 Å². The molecule has 1 fully saturated rings. The Morgan fingerprint density at radius 3 is 3.24 bits per heavy atom. The first-order chi connectivity index (χ1) is 8.42. The zero-order valence-electron chi connectivity index (χ0n) is 9.78. The van der Waals surface area contributed by atoms with Crippen molar-refractivity contribution >= 4 is 11.3 Å². The topological polar surface area (TPSA) is 40.7 Å². The van der Waals surface area contributed by atoms with Gasteiger partial charge in [-0.1, -0.05) is 0 Å². The van der Waals surface area contributed by atoms with Gasteiger partial charge in [0.1, 0.15) is 0 Å². The Kier molecular flexibility index (Phi) is 3.25. The normalized spacial score (nSPS) is 19.9. The number of H-pyrrole nitrogens is 1. The van der Waals surface area contributed by atoms with Crippen molar-refractivity contribution in [1.29, 1.82) is 0 Å². The van der Waals surface area contributed by atoms with Crippen LogP contribution in [0, 0.1) is 5.92 Å². The Morgan fingerprint density at radius 2 is 2.47 bits per heavy atom. The number of thiazole rings is 1. The van der Waals surface area contributed by atoms with Crippen LogP contribution in [0.3, 0.4) is 0 Å². The number of nitrogens with one attached hydrogen (secondary N) is 2. The second kappa shape index (κ2) is 5.02. The Labute approximate surface area is 105 Å². The highest BCUT2D eigenvalue weighted by Gasteiger charge is 2.15. The van der Waals surface area contributed by atoms with Gasteiger partial charge in [-0.3, -0.25) is 0 Å². The first kappa shape index (κ1) is 11.0. The third-order valence-corrected chi connectivity index (χ3v) is 4.28. The predicted octanol–water partition coefficient (Wildman–Crippen LogP) is 2.68. The number of nitrogens with zero attached hydrogens (tertiary/aromatic N) is 1. The van der Waals surface area contributed by atoms with Crippen molar-refractivity contribution in [2.45, 2.75) is 19.3 Å². The van der Waals surface area contributed by atoms with Gasteiger partial charge < -0.3 is 10.3 Å². The van der Waals surface area contributed by atoms with Gasteiger partial charge in [0.05, 0.1) is 10.7 Å². The van der Waals surface area contributed by atoms with Crippen molar-refractivity contribution in [2.75, 3.05) is 13.1 Å². The Morgan fingerprint density at radius 1 is 1.47 bits per heavy atom. The average molecular weight is 247 g/mol. The number of rotatable bonds is 4. The third kappa shape index (κ3) is 2.58. The van der Waals surface area contributed by atoms with Crippen LogP contribution in [0.15, 0.2) is 23.8 Å². The fourth-order valence-corrected chi connectivity index (χ4v) is 3.15. The summed E-state index contributed by atoms with van der Waals surface area (Å²) >= 11 is 1.79. The number of hydrogen-bond donors (Lipinski definition) is 2. The van der Waals surface area contributed by atoms with Crippen LogP contribution >= 0.6 is 11.3 Å². The molecule has 2 aromatic heterocycles. The lowest BCUT2D eigenvalue weighted by Gasteiger charge is -2.04. The molecule has 0 aromatic carbocycles. The van der Waals surface area contributed by atoms with Crippen LogP contribution in [-0.4, -0.2) is 23.1 Å². The van der Waals surface area contributed by atoms with Crippen LogP contribution in [0.2, 0.25) is 0 Å². The molecule has 0 radical (unpaired) electrons. The Hall–Kier alpha value is -1.13. The van der Waals surface area contributed by atoms with Crippen molar-refractivity contribution in [1.82, 2.24) is 15.3 Å². The third-order valence-electron chi connectivity index (χ3n) is 3.37. The van der Waals surface area contributed by atoms with Crippen molar-refractivity contribution < 1.29 is 0 Å². The molecule has 3 nitrogen and oxygen atoms in total. The standard InChI is InChI=1S/C13H17N3S/c1(10-3-5-14-7-10)2-13-16-12(9-17-13)11-4-6-15-8-11/h4,6,8-10,14-15H,1-3,5,7H2. The summed E-state index contributed by atoms with van der Waals surface area (Å²) in [4.78, 5) is 7.76. The van der Waals surface area contributed by atoms with Gasteiger partial charge in [0, 0.05) is 23.3 Å². The second-order valence-corrected chi connectivity index (χ2v) is 5.57. The molecule has 2 N–H and O–H groups in total. The summed E-state index contributed by atoms with van der Waals surface area (Å²) in [6.07, 6.45) is 7.67. The first-order valence-electron chi connectivity index (χ1n) is 6.20. The lowest BCUT2D eigenvalue weighted by molar-refractivity contribution is 0.532. The fraction of sp³-hybridized carbons (Fsp3) is 0.462. The molecule has 4 heteroatoms. The number of aryl methyl sites for hydroxylation is 1. The highest BCUT2D eigenvalue weighted by Crippen LogP contribution is 2.23. The summed E-state index contributed by atoms with van der Waals surface area (Å²) in [5.41, 5.74) is 2.30. The van der Waals surface area contributed by atoms with Crippen LogP contribution in [0.5, 0.6) is 0 Å². The van der Waals surface area contributed by atoms with E-state index in [-0.39, 0.29) is 0 Å². The molecule has 3 heterocycles. The minimum Gasteiger partial charge on any atom is -0.367 e. The largest absolute Gasteiger partial charge is 0.367 e. The van der Waals surface area contributed by atoms with Crippen molar-refractivity contribution in [2.24, 2.45) is 5.92 Å². The molecule has 0 spiro atoms. The van der Waals surface area contributed by atoms with Gasteiger partial charge in [0.25, 0.3) is 0 Å². The monoisotopic (exact) mass is 247 g/mol. The summed E-state index contributed by atoms with van der Waals surface area (Å²) < 4.78 is 0. The molecule has 1 atom stereocenters. The molecule has 90 valence electrons. The number of aromatic nitrogens is 2. The average Bonchev–Trinajstić information content (AvgIpc) is 3.09. The van der Waals surface area contributed by atoms with E-state index in [0.717, 1.165) is 18.0 Å². The Balaban J connectivity index is 1.60. The molecule has 1 unspecified atom stereocenters. The maximum Gasteiger partial charge on any atom is 0.0932 e. The van der Waals surface area contributed by atoms with Gasteiger partial charge in [-0.05, 0) is 44.3 Å². The maximum atomic E-state index is 4.69. The quantitative estimate of drug-likeness (QED) is 0.872. The van der Waals surface area contributed by atoms with E-state index in [1.165, 1.54) is 36.5 Å². The van der Waals surface area contributed by atoms with Gasteiger partial charge in [-0.15, -0.1) is 11.3 Å². The van der Waals surface area contributed by atoms with Crippen molar-refractivity contribution in [3.05, 3.63) is 28.8 Å². The number of hydrogen-bond acceptors (Lipinski definition) is 3. The summed E-state index contributed by atoms with van der Waals surface area (Å²) in [6, 6.07) is 2.07. The van der Waals surface area contributed by atoms with Gasteiger partial charge >= 0.3 is 0 Å². The highest BCUT2D eigenvalue weighted by atomic mass is 32.1. The molecular weight excluding hydrogens is 230 g/mol. The van der Waals surface area contributed by atoms with Crippen LogP contribution in [0.25, 0.3) is 11.3 Å². The van der Waals surface area contributed by atoms with Crippen LogP contribution in [0.1, 0.15) is 17.8 Å². The molecule has 0 saturated carbocycles. The van der Waals surface area contributed by atoms with Gasteiger partial charge in [0.15, 0.2) is 0 Å². The molecule has 1 saturated heterocycles. The molecule has 0 amide bonds. The summed E-state index contributed by atoms with van der Waals surface area (Å²) in [5, 5.41) is 6.84. The van der Waals surface area contributed by atoms with Gasteiger partial charge in [-0.2, -0.15) is 0 Å². The van der Waals surface area contributed by atoms with E-state index in [4.69, 9.17) is 4.98 Å². The van der Waals surface area contributed by atoms with E-state index in [2.05, 4.69) is 21.7 Å². The van der Waals surface area contributed by atoms with Gasteiger partial charge in [0.2, 0.25) is 0 Å². The molecule has 2 aromatic rings. The molecule has 0 bridgehead atoms. The van der Waals surface area contributed by atoms with E-state index >= 15 is 0 Å². The zero-order chi connectivity index (χ0) is 11.5. The summed E-state index contributed by atoms with van der Waals surface area (Å²) in [7, 11) is 0. The molecule has 1 aliphatic heterocycles. The maximum absolute atomic E-state index is 4.69. The smallest absolute Gasteiger partial charge is 0.0932 e. The molecule has 0 aliphatic carbocycles. The van der Waals surface area contributed by atoms with Crippen molar-refractivity contribution in [3.8, 4) is 11.3 Å². The minimum absolute atomic E-state index is 0.856. The van der Waals surface area contributed by atoms with E-state index < -0.39 is 0 Å². The molecule has 1 aliphatic rings. The fourth-order valence-electron chi connectivity index (χ4n) is 2.33. The Bertz CT molecular complexity index is 455. The highest BCUT2D eigenvalue weighted by molar-refractivity contribution is 7.09. The van der Waals surface area contributed by atoms with E-state index in [1.807, 2.05) is 12.4 Å². The number of aromatic amines is 1. The van der Waals surface area contributed by atoms with Crippen molar-refractivity contribution in [3.63, 3.8) is 0 Å². The predicted molar refractivity (Wildman–Crippen MR) is 71.2 cm³/mol. The second-order valence-electron chi connectivity index (χ2n) is 4.62.